The highest BCUT2D eigenvalue weighted by atomic mass is 19.1. The number of nitrogens with zero attached hydrogens (tertiary/aromatic N) is 1. The van der Waals surface area contributed by atoms with Crippen molar-refractivity contribution in [2.75, 3.05) is 0 Å². The van der Waals surface area contributed by atoms with Crippen molar-refractivity contribution in [1.82, 2.24) is 0 Å². The molecule has 4 heteroatoms. The molecule has 1 unspecified atom stereocenters. The molecule has 1 aromatic heterocycles. The SMILES string of the molecule is N#CC(N)c1cc(F)co1. The van der Waals surface area contributed by atoms with Gasteiger partial charge in [0, 0.05) is 6.07 Å². The van der Waals surface area contributed by atoms with Gasteiger partial charge in [-0.3, -0.25) is 0 Å². The highest BCUT2D eigenvalue weighted by Crippen LogP contribution is 2.11. The Kier molecular flexibility index (Phi) is 1.69. The van der Waals surface area contributed by atoms with Crippen LogP contribution >= 0.6 is 0 Å². The molecule has 52 valence electrons. The van der Waals surface area contributed by atoms with Crippen LogP contribution in [0.4, 0.5) is 4.39 Å². The van der Waals surface area contributed by atoms with E-state index in [1.54, 1.807) is 6.07 Å². The minimum Gasteiger partial charge on any atom is -0.463 e. The first-order valence-corrected chi connectivity index (χ1v) is 2.63. The van der Waals surface area contributed by atoms with E-state index in [1.807, 2.05) is 0 Å². The first-order chi connectivity index (χ1) is 4.74. The second kappa shape index (κ2) is 2.50. The number of hydrogen-bond donors (Lipinski definition) is 1. The number of furan rings is 1. The fourth-order valence-electron chi connectivity index (χ4n) is 0.555. The van der Waals surface area contributed by atoms with Gasteiger partial charge < -0.3 is 10.2 Å². The summed E-state index contributed by atoms with van der Waals surface area (Å²) in [6.07, 6.45) is 0.909. The Morgan fingerprint density at radius 1 is 1.80 bits per heavy atom. The van der Waals surface area contributed by atoms with Crippen LogP contribution in [0.1, 0.15) is 11.8 Å². The molecular weight excluding hydrogens is 135 g/mol. The zero-order chi connectivity index (χ0) is 7.56. The van der Waals surface area contributed by atoms with Gasteiger partial charge in [-0.1, -0.05) is 0 Å². The molecule has 1 aromatic rings. The van der Waals surface area contributed by atoms with Crippen LogP contribution in [0, 0.1) is 17.1 Å². The smallest absolute Gasteiger partial charge is 0.161 e. The summed E-state index contributed by atoms with van der Waals surface area (Å²) in [6.45, 7) is 0. The molecular formula is C6H5FN2O. The molecule has 0 aliphatic heterocycles. The molecule has 1 heterocycles. The molecule has 0 spiro atoms. The standard InChI is InChI=1S/C6H5FN2O/c7-4-1-6(10-3-4)5(9)2-8/h1,3,5H,9H2. The lowest BCUT2D eigenvalue weighted by Crippen LogP contribution is -2.05. The number of hydrogen-bond acceptors (Lipinski definition) is 3. The molecule has 10 heavy (non-hydrogen) atoms. The van der Waals surface area contributed by atoms with Crippen LogP contribution in [-0.2, 0) is 0 Å². The highest BCUT2D eigenvalue weighted by molar-refractivity contribution is 5.12. The minimum atomic E-state index is -0.871. The van der Waals surface area contributed by atoms with Crippen molar-refractivity contribution in [2.45, 2.75) is 6.04 Å². The maximum atomic E-state index is 12.2. The van der Waals surface area contributed by atoms with E-state index in [9.17, 15) is 4.39 Å². The van der Waals surface area contributed by atoms with E-state index in [0.717, 1.165) is 12.3 Å². The van der Waals surface area contributed by atoms with Crippen LogP contribution in [0.3, 0.4) is 0 Å². The molecule has 0 aliphatic rings. The Bertz CT molecular complexity index is 263. The molecule has 3 nitrogen and oxygen atoms in total. The zero-order valence-corrected chi connectivity index (χ0v) is 5.04. The monoisotopic (exact) mass is 140 g/mol. The van der Waals surface area contributed by atoms with Gasteiger partial charge in [0.2, 0.25) is 0 Å². The Hall–Kier alpha value is -1.34. The summed E-state index contributed by atoms with van der Waals surface area (Å²) in [4.78, 5) is 0. The fourth-order valence-corrected chi connectivity index (χ4v) is 0.555. The van der Waals surface area contributed by atoms with E-state index < -0.39 is 11.9 Å². The van der Waals surface area contributed by atoms with Gasteiger partial charge in [0.05, 0.1) is 6.07 Å². The third kappa shape index (κ3) is 1.14. The Balaban J connectivity index is 2.87. The maximum Gasteiger partial charge on any atom is 0.161 e. The molecule has 0 saturated carbocycles. The first-order valence-electron chi connectivity index (χ1n) is 2.63. The van der Waals surface area contributed by atoms with Crippen LogP contribution < -0.4 is 5.73 Å². The molecule has 0 aromatic carbocycles. The summed E-state index contributed by atoms with van der Waals surface area (Å²) in [7, 11) is 0. The highest BCUT2D eigenvalue weighted by Gasteiger charge is 2.08. The molecule has 0 amide bonds. The maximum absolute atomic E-state index is 12.2. The molecule has 0 saturated heterocycles. The Morgan fingerprint density at radius 3 is 2.90 bits per heavy atom. The largest absolute Gasteiger partial charge is 0.463 e. The molecule has 0 radical (unpaired) electrons. The van der Waals surface area contributed by atoms with Crippen molar-refractivity contribution in [3.63, 3.8) is 0 Å². The van der Waals surface area contributed by atoms with Crippen molar-refractivity contribution in [3.8, 4) is 6.07 Å². The van der Waals surface area contributed by atoms with E-state index >= 15 is 0 Å². The van der Waals surface area contributed by atoms with Crippen molar-refractivity contribution in [1.29, 1.82) is 5.26 Å². The van der Waals surface area contributed by atoms with Gasteiger partial charge in [0.15, 0.2) is 11.9 Å². The molecule has 0 aliphatic carbocycles. The molecule has 1 rings (SSSR count). The second-order valence-electron chi connectivity index (χ2n) is 1.77. The van der Waals surface area contributed by atoms with Crippen molar-refractivity contribution in [2.24, 2.45) is 5.73 Å². The summed E-state index contributed by atoms with van der Waals surface area (Å²) >= 11 is 0. The van der Waals surface area contributed by atoms with Crippen LogP contribution in [0.25, 0.3) is 0 Å². The van der Waals surface area contributed by atoms with E-state index in [1.165, 1.54) is 0 Å². The van der Waals surface area contributed by atoms with Crippen LogP contribution in [0.5, 0.6) is 0 Å². The van der Waals surface area contributed by atoms with E-state index in [4.69, 9.17) is 11.0 Å². The van der Waals surface area contributed by atoms with Crippen molar-refractivity contribution < 1.29 is 8.81 Å². The van der Waals surface area contributed by atoms with Crippen LogP contribution in [-0.4, -0.2) is 0 Å². The number of nitriles is 1. The quantitative estimate of drug-likeness (QED) is 0.631. The summed E-state index contributed by atoms with van der Waals surface area (Å²) in [5.41, 5.74) is 5.19. The predicted octanol–water partition coefficient (Wildman–Crippen LogP) is 0.942. The predicted molar refractivity (Wildman–Crippen MR) is 31.2 cm³/mol. The lowest BCUT2D eigenvalue weighted by molar-refractivity contribution is 0.483. The molecule has 0 bridgehead atoms. The topological polar surface area (TPSA) is 63.0 Å². The number of nitrogens with two attached hydrogens (primary N) is 1. The van der Waals surface area contributed by atoms with Gasteiger partial charge in [-0.2, -0.15) is 5.26 Å². The van der Waals surface area contributed by atoms with Crippen LogP contribution in [0.15, 0.2) is 16.7 Å². The van der Waals surface area contributed by atoms with E-state index in [0.29, 0.717) is 0 Å². The third-order valence-electron chi connectivity index (χ3n) is 1.03. The molecule has 0 fully saturated rings. The van der Waals surface area contributed by atoms with E-state index in [2.05, 4.69) is 4.42 Å². The first kappa shape index (κ1) is 6.78. The zero-order valence-electron chi connectivity index (χ0n) is 5.04. The van der Waals surface area contributed by atoms with Gasteiger partial charge in [-0.15, -0.1) is 0 Å². The lowest BCUT2D eigenvalue weighted by atomic mass is 10.3. The lowest BCUT2D eigenvalue weighted by Gasteiger charge is -1.92. The molecule has 2 N–H and O–H groups in total. The summed E-state index contributed by atoms with van der Waals surface area (Å²) < 4.78 is 16.8. The van der Waals surface area contributed by atoms with Gasteiger partial charge in [0.1, 0.15) is 12.0 Å². The van der Waals surface area contributed by atoms with Crippen molar-refractivity contribution >= 4 is 0 Å². The normalized spacial score (nSPS) is 12.5. The Labute approximate surface area is 56.9 Å². The summed E-state index contributed by atoms with van der Waals surface area (Å²) in [6, 6.07) is 1.93. The number of halogens is 1. The molecule has 1 atom stereocenters. The van der Waals surface area contributed by atoms with Crippen molar-refractivity contribution in [3.05, 3.63) is 23.9 Å². The van der Waals surface area contributed by atoms with Gasteiger partial charge in [-0.05, 0) is 0 Å². The average Bonchev–Trinajstić information content (AvgIpc) is 2.34. The average molecular weight is 140 g/mol. The third-order valence-corrected chi connectivity index (χ3v) is 1.03. The fraction of sp³-hybridized carbons (Fsp3) is 0.167. The second-order valence-corrected chi connectivity index (χ2v) is 1.77. The summed E-state index contributed by atoms with van der Waals surface area (Å²) in [5, 5.41) is 8.24. The van der Waals surface area contributed by atoms with E-state index in [-0.39, 0.29) is 5.76 Å². The van der Waals surface area contributed by atoms with Crippen LogP contribution in [0.2, 0.25) is 0 Å². The minimum absolute atomic E-state index is 0.153. The summed E-state index contributed by atoms with van der Waals surface area (Å²) in [5.74, 6) is -0.360. The van der Waals surface area contributed by atoms with Gasteiger partial charge >= 0.3 is 0 Å². The van der Waals surface area contributed by atoms with Gasteiger partial charge in [0.25, 0.3) is 0 Å². The van der Waals surface area contributed by atoms with Gasteiger partial charge in [-0.25, -0.2) is 4.39 Å². The Morgan fingerprint density at radius 2 is 2.50 bits per heavy atom. The number of rotatable bonds is 1.